The maximum absolute atomic E-state index is 8.80. The molecule has 0 aromatic rings. The Labute approximate surface area is 136 Å². The van der Waals surface area contributed by atoms with Crippen molar-refractivity contribution in [2.24, 2.45) is 0 Å². The third kappa shape index (κ3) is 292. The number of carbonyl (C=O) groups is 1. The molecule has 0 radical (unpaired) electrons. The second kappa shape index (κ2) is 15.8. The summed E-state index contributed by atoms with van der Waals surface area (Å²) in [5.74, 6) is 0. The molecule has 0 aromatic heterocycles. The van der Waals surface area contributed by atoms with E-state index >= 15 is 0 Å². The van der Waals surface area contributed by atoms with Crippen LogP contribution in [0.2, 0.25) is 0 Å². The molecule has 56 valence electrons. The standard InChI is InChI=1S/CH2O3.3Na.H2O4Si/c2-1(3)4;;;;1-5(2,3)4/h(H2,2,3,4);;;;1-2H/q;3*+1;-2/p-1. The van der Waals surface area contributed by atoms with Crippen LogP contribution in [0.4, 0.5) is 4.79 Å². The third-order valence-electron chi connectivity index (χ3n) is 0. The largest absolute Gasteiger partial charge is 1.00 e. The van der Waals surface area contributed by atoms with E-state index in [1.807, 2.05) is 0 Å². The van der Waals surface area contributed by atoms with Gasteiger partial charge in [-0.15, -0.1) is 0 Å². The summed E-state index contributed by atoms with van der Waals surface area (Å²) in [4.78, 5) is 40.2. The third-order valence-corrected chi connectivity index (χ3v) is 0. The van der Waals surface area contributed by atoms with Crippen LogP contribution in [0, 0.1) is 0 Å². The minimum absolute atomic E-state index is 0. The number of rotatable bonds is 0. The molecule has 0 atom stereocenters. The van der Waals surface area contributed by atoms with Gasteiger partial charge in [-0.2, -0.15) is 0 Å². The summed E-state index contributed by atoms with van der Waals surface area (Å²) in [7, 11) is -5.11. The van der Waals surface area contributed by atoms with Gasteiger partial charge in [0, 0.05) is 0 Å². The summed E-state index contributed by atoms with van der Waals surface area (Å²) in [5, 5.41) is 15.3. The molecule has 11 heteroatoms. The van der Waals surface area contributed by atoms with E-state index in [2.05, 4.69) is 0 Å². The molecule has 0 aromatic carbocycles. The van der Waals surface area contributed by atoms with E-state index in [0.717, 1.165) is 0 Å². The Morgan fingerprint density at radius 1 is 1.08 bits per heavy atom. The molecule has 3 N–H and O–H groups in total. The molecular formula is CH3Na3O7Si. The topological polar surface area (TPSA) is 147 Å². The molecule has 12 heavy (non-hydrogen) atoms. The van der Waals surface area contributed by atoms with Crippen LogP contribution in [-0.2, 0) is 0 Å². The summed E-state index contributed by atoms with van der Waals surface area (Å²) < 4.78 is 0. The first-order valence-corrected chi connectivity index (χ1v) is 3.20. The van der Waals surface area contributed by atoms with Crippen LogP contribution >= 0.6 is 0 Å². The van der Waals surface area contributed by atoms with Crippen molar-refractivity contribution >= 4 is 15.2 Å². The van der Waals surface area contributed by atoms with Gasteiger partial charge in [0.1, 0.15) is 9.05 Å². The molecule has 0 spiro atoms. The molecule has 0 unspecified atom stereocenters. The summed E-state index contributed by atoms with van der Waals surface area (Å²) in [6.07, 6.45) is -2.08. The zero-order chi connectivity index (χ0) is 8.08. The average Bonchev–Trinajstić information content (AvgIpc) is 1.19. The minimum Gasteiger partial charge on any atom is -0.828 e. The van der Waals surface area contributed by atoms with Gasteiger partial charge in [-0.1, -0.05) is 0 Å². The summed E-state index contributed by atoms with van der Waals surface area (Å²) in [6, 6.07) is 0. The maximum atomic E-state index is 8.80. The fourth-order valence-corrected chi connectivity index (χ4v) is 0. The summed E-state index contributed by atoms with van der Waals surface area (Å²) in [6.45, 7) is 0. The molecular weight excluding hydrogens is 221 g/mol. The predicted octanol–water partition coefficient (Wildman–Crippen LogP) is -14.0. The Morgan fingerprint density at radius 3 is 1.08 bits per heavy atom. The van der Waals surface area contributed by atoms with Crippen LogP contribution in [0.3, 0.4) is 0 Å². The molecule has 0 rings (SSSR count). The fourth-order valence-electron chi connectivity index (χ4n) is 0. The monoisotopic (exact) mass is 224 g/mol. The van der Waals surface area contributed by atoms with Crippen LogP contribution in [0.25, 0.3) is 0 Å². The van der Waals surface area contributed by atoms with Crippen LogP contribution in [-0.4, -0.2) is 29.9 Å². The number of hydrogen-bond donors (Lipinski definition) is 3. The van der Waals surface area contributed by atoms with Gasteiger partial charge >= 0.3 is 88.7 Å². The predicted molar refractivity (Wildman–Crippen MR) is 18.2 cm³/mol. The smallest absolute Gasteiger partial charge is 0.828 e. The fraction of sp³-hybridized carbons (Fsp3) is 0. The number of carboxylic acid groups (broad SMARTS) is 2. The summed E-state index contributed by atoms with van der Waals surface area (Å²) >= 11 is 0. The molecule has 0 aliphatic rings. The Balaban J connectivity index is -0.0000000221. The maximum Gasteiger partial charge on any atom is 1.00 e. The van der Waals surface area contributed by atoms with Gasteiger partial charge in [0.2, 0.25) is 6.16 Å². The van der Waals surface area contributed by atoms with Gasteiger partial charge in [-0.05, 0) is 0 Å². The first-order valence-electron chi connectivity index (χ1n) is 1.49. The van der Waals surface area contributed by atoms with Gasteiger partial charge in [-0.3, -0.25) is 0 Å². The SMILES string of the molecule is O=C([O-])O.[Na+].[Na+].[Na+].[O-][Si]([O-])(O)O. The second-order valence-electron chi connectivity index (χ2n) is 0.814. The molecule has 0 heterocycles. The Bertz CT molecular complexity index is 81.1. The van der Waals surface area contributed by atoms with E-state index < -0.39 is 15.2 Å². The van der Waals surface area contributed by atoms with Crippen LogP contribution in [0.5, 0.6) is 0 Å². The van der Waals surface area contributed by atoms with Gasteiger partial charge in [0.15, 0.2) is 0 Å². The molecule has 0 amide bonds. The Kier molecular flexibility index (Phi) is 38.5. The molecule has 0 fully saturated rings. The van der Waals surface area contributed by atoms with Gasteiger partial charge in [-0.25, -0.2) is 0 Å². The molecule has 0 saturated heterocycles. The van der Waals surface area contributed by atoms with E-state index in [1.54, 1.807) is 0 Å². The van der Waals surface area contributed by atoms with E-state index in [0.29, 0.717) is 0 Å². The summed E-state index contributed by atoms with van der Waals surface area (Å²) in [5.41, 5.74) is 0. The zero-order valence-electron chi connectivity index (χ0n) is 6.97. The molecule has 0 aliphatic heterocycles. The van der Waals surface area contributed by atoms with Gasteiger partial charge in [0.05, 0.1) is 0 Å². The molecule has 0 bridgehead atoms. The van der Waals surface area contributed by atoms with Crippen molar-refractivity contribution in [3.05, 3.63) is 0 Å². The van der Waals surface area contributed by atoms with E-state index in [1.165, 1.54) is 0 Å². The van der Waals surface area contributed by atoms with Crippen LogP contribution < -0.4 is 103 Å². The van der Waals surface area contributed by atoms with Crippen molar-refractivity contribution in [2.45, 2.75) is 0 Å². The average molecular weight is 224 g/mol. The normalized spacial score (nSPS) is 7.00. The van der Waals surface area contributed by atoms with Crippen molar-refractivity contribution < 1.29 is 123 Å². The van der Waals surface area contributed by atoms with Crippen LogP contribution in [0.1, 0.15) is 0 Å². The van der Waals surface area contributed by atoms with Crippen LogP contribution in [0.15, 0.2) is 0 Å². The van der Waals surface area contributed by atoms with Crippen molar-refractivity contribution in [1.82, 2.24) is 0 Å². The second-order valence-corrected chi connectivity index (χ2v) is 1.91. The Hall–Kier alpha value is 2.33. The van der Waals surface area contributed by atoms with Gasteiger partial charge in [0.25, 0.3) is 0 Å². The van der Waals surface area contributed by atoms with Crippen molar-refractivity contribution in [3.8, 4) is 0 Å². The van der Waals surface area contributed by atoms with Crippen molar-refractivity contribution in [2.75, 3.05) is 0 Å². The minimum atomic E-state index is -5.11. The molecule has 0 aliphatic carbocycles. The Morgan fingerprint density at radius 2 is 1.08 bits per heavy atom. The van der Waals surface area contributed by atoms with E-state index in [4.69, 9.17) is 34.2 Å². The molecule has 7 nitrogen and oxygen atoms in total. The number of hydrogen-bond acceptors (Lipinski definition) is 6. The first kappa shape index (κ1) is 29.3. The van der Waals surface area contributed by atoms with Crippen molar-refractivity contribution in [1.29, 1.82) is 0 Å². The molecule has 0 saturated carbocycles. The quantitative estimate of drug-likeness (QED) is 0.346. The first-order chi connectivity index (χ1) is 3.73. The zero-order valence-corrected chi connectivity index (χ0v) is 14.0. The van der Waals surface area contributed by atoms with Crippen molar-refractivity contribution in [3.63, 3.8) is 0 Å². The van der Waals surface area contributed by atoms with Gasteiger partial charge < -0.3 is 34.2 Å². The van der Waals surface area contributed by atoms with E-state index in [9.17, 15) is 0 Å². The van der Waals surface area contributed by atoms with E-state index in [-0.39, 0.29) is 88.7 Å².